The Kier molecular flexibility index (Phi) is 5.28. The molecule has 102 valence electrons. The zero-order valence-corrected chi connectivity index (χ0v) is 9.25. The topological polar surface area (TPSA) is 168 Å². The lowest BCUT2D eigenvalue weighted by molar-refractivity contribution is -0.253. The molecule has 1 amide bonds. The number of nitrogens with zero attached hydrogens (tertiary/aromatic N) is 3. The number of rotatable bonds is 4. The van der Waals surface area contributed by atoms with Crippen molar-refractivity contribution in [3.8, 4) is 0 Å². The zero-order valence-electron chi connectivity index (χ0n) is 9.25. The molecule has 1 saturated heterocycles. The molecule has 10 heteroatoms. The van der Waals surface area contributed by atoms with Crippen LogP contribution in [0, 0.1) is 0 Å². The fourth-order valence-electron chi connectivity index (χ4n) is 1.58. The molecule has 18 heavy (non-hydrogen) atoms. The van der Waals surface area contributed by atoms with E-state index in [0.717, 1.165) is 0 Å². The third-order valence-corrected chi connectivity index (χ3v) is 2.51. The van der Waals surface area contributed by atoms with Gasteiger partial charge in [0.25, 0.3) is 0 Å². The van der Waals surface area contributed by atoms with Gasteiger partial charge in [-0.05, 0) is 5.53 Å². The van der Waals surface area contributed by atoms with E-state index in [0.29, 0.717) is 0 Å². The summed E-state index contributed by atoms with van der Waals surface area (Å²) in [5.74, 6) is -0.742. The molecule has 5 N–H and O–H groups in total. The highest BCUT2D eigenvalue weighted by Crippen LogP contribution is 2.19. The van der Waals surface area contributed by atoms with Crippen LogP contribution in [0.25, 0.3) is 10.4 Å². The van der Waals surface area contributed by atoms with E-state index in [1.54, 1.807) is 0 Å². The molecule has 0 aromatic heterocycles. The molecule has 5 atom stereocenters. The Morgan fingerprint density at radius 3 is 2.61 bits per heavy atom. The minimum atomic E-state index is -1.59. The molecule has 1 rings (SSSR count). The molecule has 1 aliphatic heterocycles. The second-order valence-electron chi connectivity index (χ2n) is 3.71. The van der Waals surface area contributed by atoms with Crippen molar-refractivity contribution < 1.29 is 30.0 Å². The third kappa shape index (κ3) is 3.29. The lowest BCUT2D eigenvalue weighted by atomic mass is 9.97. The van der Waals surface area contributed by atoms with Crippen LogP contribution in [-0.2, 0) is 9.53 Å². The minimum absolute atomic E-state index is 0.508. The van der Waals surface area contributed by atoms with Gasteiger partial charge in [-0.3, -0.25) is 4.79 Å². The first kappa shape index (κ1) is 14.6. The molecule has 0 aromatic carbocycles. The van der Waals surface area contributed by atoms with Crippen molar-refractivity contribution in [3.05, 3.63) is 10.4 Å². The number of amides is 1. The van der Waals surface area contributed by atoms with Crippen LogP contribution in [0.2, 0.25) is 0 Å². The summed E-state index contributed by atoms with van der Waals surface area (Å²) in [5.41, 5.74) is 8.02. The number of hydrogen-bond acceptors (Lipinski definition) is 7. The van der Waals surface area contributed by atoms with Crippen LogP contribution in [0.5, 0.6) is 0 Å². The molecule has 2 unspecified atom stereocenters. The van der Waals surface area contributed by atoms with Crippen LogP contribution in [-0.4, -0.2) is 70.1 Å². The average molecular weight is 262 g/mol. The van der Waals surface area contributed by atoms with E-state index in [-0.39, 0.29) is 0 Å². The first-order valence-electron chi connectivity index (χ1n) is 5.12. The quantitative estimate of drug-likeness (QED) is 0.208. The van der Waals surface area contributed by atoms with E-state index in [4.69, 9.17) is 15.4 Å². The predicted octanol–water partition coefficient (Wildman–Crippen LogP) is -2.79. The van der Waals surface area contributed by atoms with Crippen LogP contribution in [0.1, 0.15) is 0 Å². The summed E-state index contributed by atoms with van der Waals surface area (Å²) < 4.78 is 4.81. The molecule has 1 heterocycles. The molecule has 0 radical (unpaired) electrons. The number of ether oxygens (including phenoxy) is 1. The Hall–Kier alpha value is -1.42. The summed E-state index contributed by atoms with van der Waals surface area (Å²) in [7, 11) is 0. The van der Waals surface area contributed by atoms with Crippen LogP contribution in [0.3, 0.4) is 0 Å². The number of carbonyl (C=O) groups is 1. The van der Waals surface area contributed by atoms with Crippen molar-refractivity contribution in [3.63, 3.8) is 0 Å². The van der Waals surface area contributed by atoms with E-state index >= 15 is 0 Å². The first-order valence-corrected chi connectivity index (χ1v) is 5.12. The Bertz CT molecular complexity index is 346. The van der Waals surface area contributed by atoms with Crippen LogP contribution >= 0.6 is 0 Å². The van der Waals surface area contributed by atoms with Crippen molar-refractivity contribution in [2.24, 2.45) is 5.11 Å². The minimum Gasteiger partial charge on any atom is -0.394 e. The van der Waals surface area contributed by atoms with Crippen LogP contribution in [0.4, 0.5) is 0 Å². The van der Waals surface area contributed by atoms with Gasteiger partial charge in [0, 0.05) is 4.91 Å². The maximum Gasteiger partial charge on any atom is 0.226 e. The largest absolute Gasteiger partial charge is 0.394 e. The fraction of sp³-hybridized carbons (Fsp3) is 0.875. The van der Waals surface area contributed by atoms with Gasteiger partial charge in [-0.25, -0.2) is 0 Å². The molecule has 0 spiro atoms. The first-order chi connectivity index (χ1) is 8.51. The zero-order chi connectivity index (χ0) is 13.7. The van der Waals surface area contributed by atoms with Gasteiger partial charge in [-0.15, -0.1) is 0 Å². The summed E-state index contributed by atoms with van der Waals surface area (Å²) in [6.07, 6.45) is -5.69. The standard InChI is InChI=1S/C8H14N4O6/c9-12-10-1-4(14)11-5-7(16)6(15)3(2-13)18-8(5)17/h3,5-8,13,15-17H,1-2H2,(H,11,14)/t3?,5?,6-,7-,8-/m1/s1. The van der Waals surface area contributed by atoms with E-state index < -0.39 is 49.7 Å². The van der Waals surface area contributed by atoms with Gasteiger partial charge >= 0.3 is 0 Å². The monoisotopic (exact) mass is 262 g/mol. The predicted molar refractivity (Wildman–Crippen MR) is 55.9 cm³/mol. The maximum absolute atomic E-state index is 11.2. The number of aliphatic hydroxyl groups excluding tert-OH is 4. The van der Waals surface area contributed by atoms with Crippen LogP contribution in [0.15, 0.2) is 5.11 Å². The molecule has 0 aliphatic carbocycles. The van der Waals surface area contributed by atoms with Crippen molar-refractivity contribution in [1.82, 2.24) is 5.32 Å². The van der Waals surface area contributed by atoms with Gasteiger partial charge in [0.05, 0.1) is 6.61 Å². The summed E-state index contributed by atoms with van der Waals surface area (Å²) in [6.45, 7) is -1.10. The van der Waals surface area contributed by atoms with Crippen molar-refractivity contribution in [1.29, 1.82) is 0 Å². The van der Waals surface area contributed by atoms with Gasteiger partial charge in [0.1, 0.15) is 30.9 Å². The van der Waals surface area contributed by atoms with Crippen LogP contribution < -0.4 is 5.32 Å². The number of carbonyl (C=O) groups excluding carboxylic acids is 1. The Morgan fingerprint density at radius 2 is 2.06 bits per heavy atom. The van der Waals surface area contributed by atoms with Gasteiger partial charge in [0.15, 0.2) is 6.29 Å². The number of aliphatic hydroxyl groups is 4. The lowest BCUT2D eigenvalue weighted by Gasteiger charge is -2.40. The molecular formula is C8H14N4O6. The van der Waals surface area contributed by atoms with E-state index in [2.05, 4.69) is 15.3 Å². The molecule has 1 aliphatic rings. The van der Waals surface area contributed by atoms with Gasteiger partial charge < -0.3 is 30.5 Å². The van der Waals surface area contributed by atoms with Gasteiger partial charge in [-0.1, -0.05) is 5.11 Å². The summed E-state index contributed by atoms with van der Waals surface area (Å²) in [4.78, 5) is 13.6. The second kappa shape index (κ2) is 6.50. The Morgan fingerprint density at radius 1 is 1.39 bits per heavy atom. The summed E-state index contributed by atoms with van der Waals surface area (Å²) in [6, 6.07) is -1.27. The number of hydrogen-bond donors (Lipinski definition) is 5. The molecule has 0 saturated carbocycles. The summed E-state index contributed by atoms with van der Waals surface area (Å²) in [5, 5.41) is 42.7. The third-order valence-electron chi connectivity index (χ3n) is 2.51. The maximum atomic E-state index is 11.2. The highest BCUT2D eigenvalue weighted by atomic mass is 16.6. The number of azide groups is 1. The number of nitrogens with one attached hydrogen (secondary N) is 1. The van der Waals surface area contributed by atoms with E-state index in [1.165, 1.54) is 0 Å². The van der Waals surface area contributed by atoms with Crippen molar-refractivity contribution in [2.75, 3.05) is 13.2 Å². The van der Waals surface area contributed by atoms with Gasteiger partial charge in [-0.2, -0.15) is 0 Å². The molecule has 0 bridgehead atoms. The molecular weight excluding hydrogens is 248 g/mol. The Labute approximate surface area is 101 Å². The lowest BCUT2D eigenvalue weighted by Crippen LogP contribution is -2.64. The smallest absolute Gasteiger partial charge is 0.226 e. The average Bonchev–Trinajstić information content (AvgIpc) is 2.36. The molecule has 1 fully saturated rings. The Balaban J connectivity index is 2.64. The fourth-order valence-corrected chi connectivity index (χ4v) is 1.58. The second-order valence-corrected chi connectivity index (χ2v) is 3.71. The normalized spacial score (nSPS) is 35.7. The highest BCUT2D eigenvalue weighted by molar-refractivity contribution is 5.78. The summed E-state index contributed by atoms with van der Waals surface area (Å²) >= 11 is 0. The molecule has 10 nitrogen and oxygen atoms in total. The SMILES string of the molecule is [N-]=[N+]=NCC(=O)NC1[C@H](O)OC(CO)[C@@H](O)[C@@H]1O. The van der Waals surface area contributed by atoms with Crippen molar-refractivity contribution >= 4 is 5.91 Å². The van der Waals surface area contributed by atoms with Gasteiger partial charge in [0.2, 0.25) is 5.91 Å². The molecule has 0 aromatic rings. The highest BCUT2D eigenvalue weighted by Gasteiger charge is 2.44. The van der Waals surface area contributed by atoms with E-state index in [9.17, 15) is 20.1 Å². The van der Waals surface area contributed by atoms with Crippen molar-refractivity contribution in [2.45, 2.75) is 30.6 Å². The van der Waals surface area contributed by atoms with E-state index in [1.807, 2.05) is 0 Å².